The number of hydrogen-bond donors (Lipinski definition) is 3. The van der Waals surface area contributed by atoms with Crippen LogP contribution in [0.2, 0.25) is 0 Å². The van der Waals surface area contributed by atoms with Crippen LogP contribution in [0.5, 0.6) is 0 Å². The van der Waals surface area contributed by atoms with Gasteiger partial charge in [-0.2, -0.15) is 0 Å². The van der Waals surface area contributed by atoms with Crippen molar-refractivity contribution in [2.75, 3.05) is 0 Å². The van der Waals surface area contributed by atoms with Crippen LogP contribution in [0.1, 0.15) is 0 Å². The Morgan fingerprint density at radius 1 is 1.33 bits per heavy atom. The average Bonchev–Trinajstić information content (AvgIpc) is 1.38. The first-order chi connectivity index (χ1) is 2.27. The van der Waals surface area contributed by atoms with Gasteiger partial charge in [-0.25, -0.2) is 0 Å². The Balaban J connectivity index is 0. The minimum atomic E-state index is -1.06. The Bertz CT molecular complexity index is 46.8. The van der Waals surface area contributed by atoms with Crippen molar-refractivity contribution < 1.29 is 15.3 Å². The molecular weight excluding hydrogens is 95.0 g/mol. The van der Waals surface area contributed by atoms with E-state index in [1.165, 1.54) is 0 Å². The fourth-order valence-corrected chi connectivity index (χ4v) is 0. The fraction of sp³-hybridized carbons (Fsp3) is 0. The second-order valence-corrected chi connectivity index (χ2v) is 0.487. The molecule has 0 spiro atoms. The Hall–Kier alpha value is 0.140. The van der Waals surface area contributed by atoms with Crippen LogP contribution in [-0.4, -0.2) is 44.9 Å². The molecule has 0 aliphatic carbocycles. The van der Waals surface area contributed by atoms with E-state index in [1.54, 1.807) is 0 Å². The Morgan fingerprint density at radius 2 is 1.50 bits per heavy atom. The Kier molecular flexibility index (Phi) is 8.11. The summed E-state index contributed by atoms with van der Waals surface area (Å²) in [6, 6.07) is 0. The molecule has 0 saturated carbocycles. The Labute approximate surface area is 57.2 Å². The van der Waals surface area contributed by atoms with Crippen molar-refractivity contribution in [3.05, 3.63) is 12.2 Å². The summed E-state index contributed by atoms with van der Waals surface area (Å²) in [5.41, 5.74) is 0. The maximum atomic E-state index is 7.53. The summed E-state index contributed by atoms with van der Waals surface area (Å²) >= 11 is 0. The van der Waals surface area contributed by atoms with Crippen LogP contribution in [-0.2, 0) is 0 Å². The van der Waals surface area contributed by atoms with E-state index in [0.717, 1.165) is 0 Å². The van der Waals surface area contributed by atoms with E-state index in [9.17, 15) is 0 Å². The summed E-state index contributed by atoms with van der Waals surface area (Å²) in [4.78, 5) is 0. The van der Waals surface area contributed by atoms with Gasteiger partial charge in [0, 0.05) is 0 Å². The predicted octanol–water partition coefficient (Wildman–Crippen LogP) is -0.189. The second kappa shape index (κ2) is 5.14. The molecule has 0 heterocycles. The molecular formula is C2H5NaO3. The van der Waals surface area contributed by atoms with Gasteiger partial charge in [-0.1, -0.05) is 0 Å². The minimum absolute atomic E-state index is 0. The zero-order chi connectivity index (χ0) is 4.28. The van der Waals surface area contributed by atoms with E-state index < -0.39 is 5.95 Å². The first kappa shape index (κ1) is 9.46. The molecule has 0 unspecified atom stereocenters. The first-order valence-electron chi connectivity index (χ1n) is 0.994. The summed E-state index contributed by atoms with van der Waals surface area (Å²) in [5, 5.41) is 22.5. The predicted molar refractivity (Wildman–Crippen MR) is 23.1 cm³/mol. The number of hydrogen-bond acceptors (Lipinski definition) is 3. The van der Waals surface area contributed by atoms with Crippen LogP contribution >= 0.6 is 0 Å². The molecule has 0 aromatic rings. The van der Waals surface area contributed by atoms with Crippen LogP contribution in [0.4, 0.5) is 0 Å². The maximum absolute atomic E-state index is 7.53. The molecule has 0 rings (SSSR count). The summed E-state index contributed by atoms with van der Waals surface area (Å²) in [6.45, 7) is 0. The third kappa shape index (κ3) is 8.91. The van der Waals surface area contributed by atoms with Crippen LogP contribution in [0.15, 0.2) is 12.2 Å². The van der Waals surface area contributed by atoms with Crippen LogP contribution in [0.3, 0.4) is 0 Å². The molecule has 0 bridgehead atoms. The van der Waals surface area contributed by atoms with Crippen LogP contribution < -0.4 is 0 Å². The van der Waals surface area contributed by atoms with E-state index in [2.05, 4.69) is 0 Å². The summed E-state index contributed by atoms with van der Waals surface area (Å²) in [5.74, 6) is -1.06. The normalized spacial score (nSPS) is 5.33. The van der Waals surface area contributed by atoms with Crippen molar-refractivity contribution in [3.63, 3.8) is 0 Å². The molecule has 3 nitrogen and oxygen atoms in total. The molecule has 0 aromatic carbocycles. The van der Waals surface area contributed by atoms with Gasteiger partial charge in [0.25, 0.3) is 0 Å². The van der Waals surface area contributed by atoms with Crippen molar-refractivity contribution in [1.29, 1.82) is 0 Å². The van der Waals surface area contributed by atoms with Crippen molar-refractivity contribution in [3.8, 4) is 0 Å². The molecule has 0 aromatic heterocycles. The van der Waals surface area contributed by atoms with E-state index in [0.29, 0.717) is 0 Å². The number of rotatable bonds is 0. The second-order valence-electron chi connectivity index (χ2n) is 0.487. The topological polar surface area (TPSA) is 60.7 Å². The van der Waals surface area contributed by atoms with Gasteiger partial charge in [0.15, 0.2) is 6.26 Å². The van der Waals surface area contributed by atoms with Crippen LogP contribution in [0.25, 0.3) is 0 Å². The average molecular weight is 100 g/mol. The monoisotopic (exact) mass is 100 g/mol. The fourth-order valence-electron chi connectivity index (χ4n) is 0. The molecule has 32 valence electrons. The molecule has 4 heteroatoms. The molecule has 0 fully saturated rings. The third-order valence-electron chi connectivity index (χ3n) is 0.115. The SMILES string of the molecule is OC=C(O)O.[NaH]. The van der Waals surface area contributed by atoms with Gasteiger partial charge in [-0.15, -0.1) is 0 Å². The molecule has 3 N–H and O–H groups in total. The summed E-state index contributed by atoms with van der Waals surface area (Å²) in [7, 11) is 0. The summed E-state index contributed by atoms with van der Waals surface area (Å²) in [6.07, 6.45) is 0.194. The molecule has 0 aliphatic rings. The molecule has 6 heavy (non-hydrogen) atoms. The standard InChI is InChI=1S/C2H4O3.Na.H/c3-1-2(4)5;;/h1,3-5H;;. The van der Waals surface area contributed by atoms with Crippen molar-refractivity contribution >= 4 is 29.6 Å². The van der Waals surface area contributed by atoms with Gasteiger partial charge in [-0.05, 0) is 0 Å². The van der Waals surface area contributed by atoms with Gasteiger partial charge in [0.1, 0.15) is 0 Å². The molecule has 0 radical (unpaired) electrons. The zero-order valence-corrected chi connectivity index (χ0v) is 2.42. The Morgan fingerprint density at radius 3 is 1.50 bits per heavy atom. The number of aliphatic hydroxyl groups is 3. The van der Waals surface area contributed by atoms with Gasteiger partial charge in [0.2, 0.25) is 0 Å². The van der Waals surface area contributed by atoms with Gasteiger partial charge in [0.05, 0.1) is 0 Å². The van der Waals surface area contributed by atoms with Crippen molar-refractivity contribution in [2.24, 2.45) is 0 Å². The molecule has 0 atom stereocenters. The van der Waals surface area contributed by atoms with Gasteiger partial charge < -0.3 is 15.3 Å². The van der Waals surface area contributed by atoms with E-state index in [-0.39, 0.29) is 35.8 Å². The zero-order valence-electron chi connectivity index (χ0n) is 2.42. The summed E-state index contributed by atoms with van der Waals surface area (Å²) < 4.78 is 0. The molecule has 0 amide bonds. The third-order valence-corrected chi connectivity index (χ3v) is 0.115. The van der Waals surface area contributed by atoms with Crippen molar-refractivity contribution in [1.82, 2.24) is 0 Å². The number of aliphatic hydroxyl groups excluding tert-OH is 2. The van der Waals surface area contributed by atoms with Crippen molar-refractivity contribution in [2.45, 2.75) is 0 Å². The van der Waals surface area contributed by atoms with Crippen LogP contribution in [0, 0.1) is 0 Å². The van der Waals surface area contributed by atoms with E-state index >= 15 is 0 Å². The molecule has 0 aliphatic heterocycles. The van der Waals surface area contributed by atoms with E-state index in [1.807, 2.05) is 0 Å². The molecule has 0 saturated heterocycles. The van der Waals surface area contributed by atoms with Gasteiger partial charge in [-0.3, -0.25) is 0 Å². The van der Waals surface area contributed by atoms with Gasteiger partial charge >= 0.3 is 35.5 Å². The van der Waals surface area contributed by atoms with E-state index in [4.69, 9.17) is 15.3 Å². The first-order valence-corrected chi connectivity index (χ1v) is 0.994. The quantitative estimate of drug-likeness (QED) is 0.292.